The van der Waals surface area contributed by atoms with E-state index in [9.17, 15) is 5.11 Å². The molecular formula is C15H30N2O2. The lowest BCUT2D eigenvalue weighted by molar-refractivity contribution is -0.0662. The standard InChI is InChI=1S/C15H30N2O2/c1-4-7-16-15(11-18)6-5-14(8-15)17-9-13(3)19-10-12(17)2/h12-14,16,18H,4-11H2,1-3H3. The van der Waals surface area contributed by atoms with Gasteiger partial charge in [-0.15, -0.1) is 0 Å². The van der Waals surface area contributed by atoms with Gasteiger partial charge in [0, 0.05) is 24.2 Å². The van der Waals surface area contributed by atoms with E-state index in [1.54, 1.807) is 0 Å². The average Bonchev–Trinajstić information content (AvgIpc) is 2.84. The Labute approximate surface area is 117 Å². The van der Waals surface area contributed by atoms with Crippen LogP contribution in [0.15, 0.2) is 0 Å². The van der Waals surface area contributed by atoms with Crippen molar-refractivity contribution < 1.29 is 9.84 Å². The SMILES string of the molecule is CCCNC1(CO)CCC(N2CC(C)OCC2C)C1. The van der Waals surface area contributed by atoms with Crippen molar-refractivity contribution in [2.24, 2.45) is 0 Å². The van der Waals surface area contributed by atoms with E-state index < -0.39 is 0 Å². The minimum atomic E-state index is -0.0397. The van der Waals surface area contributed by atoms with E-state index in [-0.39, 0.29) is 12.1 Å². The zero-order chi connectivity index (χ0) is 13.9. The highest BCUT2D eigenvalue weighted by molar-refractivity contribution is 5.00. The van der Waals surface area contributed by atoms with Gasteiger partial charge in [0.1, 0.15) is 0 Å². The van der Waals surface area contributed by atoms with Gasteiger partial charge in [0.05, 0.1) is 19.3 Å². The molecule has 112 valence electrons. The van der Waals surface area contributed by atoms with Gasteiger partial charge in [-0.1, -0.05) is 6.92 Å². The minimum absolute atomic E-state index is 0.0397. The minimum Gasteiger partial charge on any atom is -0.394 e. The van der Waals surface area contributed by atoms with Gasteiger partial charge >= 0.3 is 0 Å². The van der Waals surface area contributed by atoms with Gasteiger partial charge < -0.3 is 15.2 Å². The lowest BCUT2D eigenvalue weighted by Crippen LogP contribution is -2.53. The van der Waals surface area contributed by atoms with Crippen molar-refractivity contribution in [1.82, 2.24) is 10.2 Å². The van der Waals surface area contributed by atoms with Crippen molar-refractivity contribution in [2.75, 3.05) is 26.3 Å². The van der Waals surface area contributed by atoms with Crippen molar-refractivity contribution in [3.63, 3.8) is 0 Å². The maximum absolute atomic E-state index is 9.77. The molecule has 2 N–H and O–H groups in total. The molecule has 0 bridgehead atoms. The van der Waals surface area contributed by atoms with E-state index in [1.165, 1.54) is 6.42 Å². The highest BCUT2D eigenvalue weighted by Gasteiger charge is 2.42. The third-order valence-corrected chi connectivity index (χ3v) is 4.76. The molecule has 0 radical (unpaired) electrons. The lowest BCUT2D eigenvalue weighted by Gasteiger charge is -2.41. The zero-order valence-corrected chi connectivity index (χ0v) is 12.7. The maximum Gasteiger partial charge on any atom is 0.0674 e. The molecular weight excluding hydrogens is 240 g/mol. The van der Waals surface area contributed by atoms with Crippen LogP contribution < -0.4 is 5.32 Å². The first kappa shape index (κ1) is 15.2. The van der Waals surface area contributed by atoms with Crippen LogP contribution in [0.3, 0.4) is 0 Å². The molecule has 1 aliphatic carbocycles. The van der Waals surface area contributed by atoms with E-state index >= 15 is 0 Å². The second-order valence-electron chi connectivity index (χ2n) is 6.45. The van der Waals surface area contributed by atoms with Crippen LogP contribution in [0.2, 0.25) is 0 Å². The van der Waals surface area contributed by atoms with Crippen molar-refractivity contribution in [1.29, 1.82) is 0 Å². The van der Waals surface area contributed by atoms with Crippen LogP contribution in [-0.4, -0.2) is 60.0 Å². The van der Waals surface area contributed by atoms with Crippen molar-refractivity contribution in [3.05, 3.63) is 0 Å². The summed E-state index contributed by atoms with van der Waals surface area (Å²) in [5, 5.41) is 13.4. The second kappa shape index (κ2) is 6.53. The van der Waals surface area contributed by atoms with Crippen LogP contribution >= 0.6 is 0 Å². The first-order valence-corrected chi connectivity index (χ1v) is 7.83. The number of nitrogens with one attached hydrogen (secondary N) is 1. The topological polar surface area (TPSA) is 44.7 Å². The number of hydrogen-bond acceptors (Lipinski definition) is 4. The number of ether oxygens (including phenoxy) is 1. The third kappa shape index (κ3) is 3.48. The first-order valence-electron chi connectivity index (χ1n) is 7.83. The Kier molecular flexibility index (Phi) is 5.23. The van der Waals surface area contributed by atoms with Gasteiger partial charge in [-0.2, -0.15) is 0 Å². The lowest BCUT2D eigenvalue weighted by atomic mass is 9.97. The number of nitrogens with zero attached hydrogens (tertiary/aromatic N) is 1. The van der Waals surface area contributed by atoms with Gasteiger partial charge in [-0.05, 0) is 46.1 Å². The van der Waals surface area contributed by atoms with E-state index in [2.05, 4.69) is 31.0 Å². The van der Waals surface area contributed by atoms with Crippen LogP contribution in [0.4, 0.5) is 0 Å². The Balaban J connectivity index is 1.95. The molecule has 4 atom stereocenters. The van der Waals surface area contributed by atoms with Gasteiger partial charge in [-0.25, -0.2) is 0 Å². The molecule has 0 aromatic heterocycles. The number of morpholine rings is 1. The number of rotatable bonds is 5. The van der Waals surface area contributed by atoms with Crippen LogP contribution in [0.5, 0.6) is 0 Å². The third-order valence-electron chi connectivity index (χ3n) is 4.76. The van der Waals surface area contributed by atoms with Crippen molar-refractivity contribution in [3.8, 4) is 0 Å². The molecule has 19 heavy (non-hydrogen) atoms. The molecule has 1 saturated heterocycles. The van der Waals surface area contributed by atoms with Crippen LogP contribution in [0, 0.1) is 0 Å². The van der Waals surface area contributed by atoms with Gasteiger partial charge in [0.2, 0.25) is 0 Å². The smallest absolute Gasteiger partial charge is 0.0674 e. The molecule has 2 fully saturated rings. The molecule has 0 aromatic carbocycles. The Morgan fingerprint density at radius 1 is 1.42 bits per heavy atom. The van der Waals surface area contributed by atoms with E-state index in [1.807, 2.05) is 0 Å². The summed E-state index contributed by atoms with van der Waals surface area (Å²) in [4.78, 5) is 2.60. The quantitative estimate of drug-likeness (QED) is 0.792. The summed E-state index contributed by atoms with van der Waals surface area (Å²) < 4.78 is 5.72. The van der Waals surface area contributed by atoms with Crippen LogP contribution in [-0.2, 0) is 4.74 Å². The Morgan fingerprint density at radius 2 is 2.21 bits per heavy atom. The highest BCUT2D eigenvalue weighted by Crippen LogP contribution is 2.34. The normalized spacial score (nSPS) is 40.7. The van der Waals surface area contributed by atoms with E-state index in [0.717, 1.165) is 39.0 Å². The summed E-state index contributed by atoms with van der Waals surface area (Å²) >= 11 is 0. The molecule has 0 aromatic rings. The summed E-state index contributed by atoms with van der Waals surface area (Å²) in [7, 11) is 0. The molecule has 4 unspecified atom stereocenters. The van der Waals surface area contributed by atoms with Crippen molar-refractivity contribution in [2.45, 2.75) is 70.2 Å². The largest absolute Gasteiger partial charge is 0.394 e. The second-order valence-corrected chi connectivity index (χ2v) is 6.45. The fourth-order valence-electron chi connectivity index (χ4n) is 3.57. The summed E-state index contributed by atoms with van der Waals surface area (Å²) in [6.07, 6.45) is 4.81. The van der Waals surface area contributed by atoms with Crippen LogP contribution in [0.1, 0.15) is 46.5 Å². The Morgan fingerprint density at radius 3 is 2.89 bits per heavy atom. The fourth-order valence-corrected chi connectivity index (χ4v) is 3.57. The predicted octanol–water partition coefficient (Wildman–Crippen LogP) is 1.38. The fraction of sp³-hybridized carbons (Fsp3) is 1.00. The van der Waals surface area contributed by atoms with E-state index in [4.69, 9.17) is 4.74 Å². The van der Waals surface area contributed by atoms with Gasteiger partial charge in [-0.3, -0.25) is 4.90 Å². The first-order chi connectivity index (χ1) is 9.10. The van der Waals surface area contributed by atoms with E-state index in [0.29, 0.717) is 18.2 Å². The number of hydrogen-bond donors (Lipinski definition) is 2. The molecule has 4 nitrogen and oxygen atoms in total. The summed E-state index contributed by atoms with van der Waals surface area (Å²) in [5.41, 5.74) is -0.0397. The molecule has 4 heteroatoms. The van der Waals surface area contributed by atoms with Crippen molar-refractivity contribution >= 4 is 0 Å². The van der Waals surface area contributed by atoms with Gasteiger partial charge in [0.15, 0.2) is 0 Å². The summed E-state index contributed by atoms with van der Waals surface area (Å²) in [6.45, 7) is 9.72. The predicted molar refractivity (Wildman–Crippen MR) is 77.3 cm³/mol. The Bertz CT molecular complexity index is 287. The molecule has 0 amide bonds. The molecule has 1 saturated carbocycles. The van der Waals surface area contributed by atoms with Crippen LogP contribution in [0.25, 0.3) is 0 Å². The number of aliphatic hydroxyl groups is 1. The monoisotopic (exact) mass is 270 g/mol. The molecule has 2 rings (SSSR count). The summed E-state index contributed by atoms with van der Waals surface area (Å²) in [6, 6.07) is 1.10. The van der Waals surface area contributed by atoms with Gasteiger partial charge in [0.25, 0.3) is 0 Å². The maximum atomic E-state index is 9.77. The molecule has 1 aliphatic heterocycles. The average molecular weight is 270 g/mol. The zero-order valence-electron chi connectivity index (χ0n) is 12.7. The number of aliphatic hydroxyl groups excluding tert-OH is 1. The highest BCUT2D eigenvalue weighted by atomic mass is 16.5. The molecule has 1 heterocycles. The molecule has 0 spiro atoms. The summed E-state index contributed by atoms with van der Waals surface area (Å²) in [5.74, 6) is 0. The molecule has 2 aliphatic rings. The Hall–Kier alpha value is -0.160.